The Morgan fingerprint density at radius 2 is 2.20 bits per heavy atom. The van der Waals surface area contributed by atoms with Crippen molar-refractivity contribution < 1.29 is 4.79 Å². The van der Waals surface area contributed by atoms with E-state index in [0.29, 0.717) is 5.41 Å². The van der Waals surface area contributed by atoms with Crippen LogP contribution in [-0.2, 0) is 18.4 Å². The third-order valence-electron chi connectivity index (χ3n) is 4.33. The van der Waals surface area contributed by atoms with Crippen molar-refractivity contribution in [1.82, 2.24) is 9.88 Å². The molecule has 1 fully saturated rings. The van der Waals surface area contributed by atoms with E-state index in [1.165, 1.54) is 36.9 Å². The molecule has 1 aliphatic heterocycles. The highest BCUT2D eigenvalue weighted by molar-refractivity contribution is 5.94. The van der Waals surface area contributed by atoms with Crippen LogP contribution >= 0.6 is 0 Å². The molecule has 0 atom stereocenters. The predicted molar refractivity (Wildman–Crippen MR) is 56.0 cm³/mol. The lowest BCUT2D eigenvalue weighted by Gasteiger charge is -2.17. The fourth-order valence-electron chi connectivity index (χ4n) is 3.30. The largest absolute Gasteiger partial charge is 0.349 e. The van der Waals surface area contributed by atoms with Gasteiger partial charge in [0.1, 0.15) is 5.69 Å². The van der Waals surface area contributed by atoms with Crippen molar-refractivity contribution >= 4 is 5.91 Å². The van der Waals surface area contributed by atoms with Gasteiger partial charge in [-0.15, -0.1) is 0 Å². The zero-order chi connectivity index (χ0) is 10.0. The van der Waals surface area contributed by atoms with Gasteiger partial charge in [0, 0.05) is 18.8 Å². The Kier molecular flexibility index (Phi) is 1.21. The van der Waals surface area contributed by atoms with Crippen LogP contribution in [0.3, 0.4) is 0 Å². The van der Waals surface area contributed by atoms with E-state index in [0.717, 1.165) is 18.8 Å². The smallest absolute Gasteiger partial charge is 0.267 e. The Balaban J connectivity index is 1.94. The van der Waals surface area contributed by atoms with Gasteiger partial charge >= 0.3 is 0 Å². The fourth-order valence-corrected chi connectivity index (χ4v) is 3.30. The second-order valence-electron chi connectivity index (χ2n) is 5.08. The molecule has 1 amide bonds. The van der Waals surface area contributed by atoms with E-state index < -0.39 is 0 Å². The van der Waals surface area contributed by atoms with Gasteiger partial charge in [-0.2, -0.15) is 0 Å². The number of hydrogen-bond donors (Lipinski definition) is 1. The maximum Gasteiger partial charge on any atom is 0.267 e. The number of aromatic nitrogens is 1. The summed E-state index contributed by atoms with van der Waals surface area (Å²) < 4.78 is 2.25. The van der Waals surface area contributed by atoms with Crippen LogP contribution in [0.4, 0.5) is 0 Å². The summed E-state index contributed by atoms with van der Waals surface area (Å²) in [5.74, 6) is 0.117. The van der Waals surface area contributed by atoms with E-state index >= 15 is 0 Å². The number of nitrogens with zero attached hydrogens (tertiary/aromatic N) is 1. The van der Waals surface area contributed by atoms with Gasteiger partial charge in [0.05, 0.1) is 0 Å². The second kappa shape index (κ2) is 2.29. The summed E-state index contributed by atoms with van der Waals surface area (Å²) >= 11 is 0. The molecule has 1 spiro atoms. The third-order valence-corrected chi connectivity index (χ3v) is 4.33. The van der Waals surface area contributed by atoms with Crippen LogP contribution in [0, 0.1) is 0 Å². The first-order valence-corrected chi connectivity index (χ1v) is 5.81. The lowest BCUT2D eigenvalue weighted by molar-refractivity contribution is 0.0927. The Morgan fingerprint density at radius 1 is 1.33 bits per heavy atom. The Morgan fingerprint density at radius 3 is 3.00 bits per heavy atom. The quantitative estimate of drug-likeness (QED) is 0.674. The van der Waals surface area contributed by atoms with Crippen LogP contribution in [0.5, 0.6) is 0 Å². The zero-order valence-corrected chi connectivity index (χ0v) is 8.68. The monoisotopic (exact) mass is 202 g/mol. The summed E-state index contributed by atoms with van der Waals surface area (Å²) in [6.45, 7) is 1.76. The van der Waals surface area contributed by atoms with Gasteiger partial charge in [-0.25, -0.2) is 0 Å². The second-order valence-corrected chi connectivity index (χ2v) is 5.08. The number of carbonyl (C=O) groups is 1. The lowest BCUT2D eigenvalue weighted by atomic mass is 10.0. The molecule has 1 N–H and O–H groups in total. The molecule has 3 heteroatoms. The van der Waals surface area contributed by atoms with Gasteiger partial charge < -0.3 is 9.88 Å². The van der Waals surface area contributed by atoms with E-state index in [9.17, 15) is 4.79 Å². The lowest BCUT2D eigenvalue weighted by Crippen LogP contribution is -2.35. The molecule has 0 unspecified atom stereocenters. The average molecular weight is 202 g/mol. The first-order chi connectivity index (χ1) is 7.30. The molecule has 1 aromatic rings. The van der Waals surface area contributed by atoms with Crippen molar-refractivity contribution in [3.63, 3.8) is 0 Å². The predicted octanol–water partition coefficient (Wildman–Crippen LogP) is 1.21. The highest BCUT2D eigenvalue weighted by Crippen LogP contribution is 2.57. The first-order valence-electron chi connectivity index (χ1n) is 5.81. The molecule has 0 bridgehead atoms. The summed E-state index contributed by atoms with van der Waals surface area (Å²) in [6, 6.07) is 2.16. The van der Waals surface area contributed by atoms with Crippen molar-refractivity contribution in [1.29, 1.82) is 0 Å². The molecule has 78 valence electrons. The van der Waals surface area contributed by atoms with Crippen LogP contribution in [0.1, 0.15) is 41.0 Å². The van der Waals surface area contributed by atoms with Crippen LogP contribution in [-0.4, -0.2) is 17.0 Å². The minimum atomic E-state index is 0.117. The number of fused-ring (bicyclic) bond motifs is 4. The van der Waals surface area contributed by atoms with Crippen LogP contribution in [0.15, 0.2) is 6.07 Å². The maximum atomic E-state index is 11.7. The van der Waals surface area contributed by atoms with Crippen molar-refractivity contribution in [2.75, 3.05) is 6.54 Å². The highest BCUT2D eigenvalue weighted by Gasteiger charge is 2.50. The van der Waals surface area contributed by atoms with Crippen molar-refractivity contribution in [3.8, 4) is 0 Å². The molecule has 3 nitrogen and oxygen atoms in total. The maximum absolute atomic E-state index is 11.7. The van der Waals surface area contributed by atoms with Crippen molar-refractivity contribution in [3.05, 3.63) is 23.0 Å². The van der Waals surface area contributed by atoms with Crippen molar-refractivity contribution in [2.24, 2.45) is 0 Å². The van der Waals surface area contributed by atoms with E-state index in [-0.39, 0.29) is 5.91 Å². The molecule has 15 heavy (non-hydrogen) atoms. The molecular weight excluding hydrogens is 188 g/mol. The molecule has 0 aromatic carbocycles. The molecule has 0 saturated heterocycles. The topological polar surface area (TPSA) is 34.0 Å². The number of rotatable bonds is 0. The van der Waals surface area contributed by atoms with Gasteiger partial charge in [-0.1, -0.05) is 0 Å². The average Bonchev–Trinajstić information content (AvgIpc) is 2.78. The summed E-state index contributed by atoms with van der Waals surface area (Å²) in [6.07, 6.45) is 5.18. The van der Waals surface area contributed by atoms with E-state index in [1.807, 2.05) is 0 Å². The summed E-state index contributed by atoms with van der Waals surface area (Å²) in [5, 5.41) is 2.91. The van der Waals surface area contributed by atoms with Gasteiger partial charge in [0.25, 0.3) is 5.91 Å². The van der Waals surface area contributed by atoms with E-state index in [4.69, 9.17) is 0 Å². The zero-order valence-electron chi connectivity index (χ0n) is 8.68. The van der Waals surface area contributed by atoms with Crippen LogP contribution in [0.2, 0.25) is 0 Å². The van der Waals surface area contributed by atoms with Crippen LogP contribution < -0.4 is 5.32 Å². The summed E-state index contributed by atoms with van der Waals surface area (Å²) in [4.78, 5) is 11.7. The molecule has 1 saturated carbocycles. The normalized spacial score (nSPS) is 24.9. The molecule has 2 aliphatic carbocycles. The summed E-state index contributed by atoms with van der Waals surface area (Å²) in [5.41, 5.74) is 4.35. The SMILES string of the molecule is O=C1NCCn2c1cc1c2CCC12CC2. The molecule has 0 radical (unpaired) electrons. The molecular formula is C12H14N2O. The van der Waals surface area contributed by atoms with Crippen molar-refractivity contribution in [2.45, 2.75) is 37.6 Å². The van der Waals surface area contributed by atoms with Gasteiger partial charge in [-0.05, 0) is 42.7 Å². The van der Waals surface area contributed by atoms with E-state index in [1.54, 1.807) is 0 Å². The minimum Gasteiger partial charge on any atom is -0.349 e. The third kappa shape index (κ3) is 0.845. The summed E-state index contributed by atoms with van der Waals surface area (Å²) in [7, 11) is 0. The molecule has 4 rings (SSSR count). The number of nitrogens with one attached hydrogen (secondary N) is 1. The minimum absolute atomic E-state index is 0.117. The standard InChI is InChI=1S/C12H14N2O/c15-11-10-7-8-9(14(10)6-5-13-11)1-2-12(8)3-4-12/h7H,1-6H2,(H,13,15). The Labute approximate surface area is 88.5 Å². The molecule has 1 aromatic heterocycles. The molecule has 2 heterocycles. The van der Waals surface area contributed by atoms with Crippen LogP contribution in [0.25, 0.3) is 0 Å². The van der Waals surface area contributed by atoms with Gasteiger partial charge in [0.2, 0.25) is 0 Å². The van der Waals surface area contributed by atoms with E-state index in [2.05, 4.69) is 16.0 Å². The Bertz CT molecular complexity index is 468. The number of hydrogen-bond acceptors (Lipinski definition) is 1. The fraction of sp³-hybridized carbons (Fsp3) is 0.583. The Hall–Kier alpha value is -1.25. The van der Waals surface area contributed by atoms with Gasteiger partial charge in [0.15, 0.2) is 0 Å². The van der Waals surface area contributed by atoms with Gasteiger partial charge in [-0.3, -0.25) is 4.79 Å². The number of carbonyl (C=O) groups excluding carboxylic acids is 1. The first kappa shape index (κ1) is 7.97. The molecule has 3 aliphatic rings. The number of amides is 1. The highest BCUT2D eigenvalue weighted by atomic mass is 16.2.